The summed E-state index contributed by atoms with van der Waals surface area (Å²) in [6, 6.07) is 7.01. The van der Waals surface area contributed by atoms with Crippen LogP contribution in [0.3, 0.4) is 0 Å². The maximum absolute atomic E-state index is 11.3. The highest BCUT2D eigenvalue weighted by Crippen LogP contribution is 2.30. The molecule has 0 amide bonds. The van der Waals surface area contributed by atoms with Crippen LogP contribution >= 0.6 is 11.6 Å². The number of ether oxygens (including phenoxy) is 1. The van der Waals surface area contributed by atoms with E-state index in [0.29, 0.717) is 11.6 Å². The lowest BCUT2D eigenvalue weighted by Crippen LogP contribution is -2.32. The number of rotatable bonds is 5. The van der Waals surface area contributed by atoms with Crippen molar-refractivity contribution in [1.82, 2.24) is 9.97 Å². The average Bonchev–Trinajstić information content (AvgIpc) is 3.10. The Kier molecular flexibility index (Phi) is 4.77. The van der Waals surface area contributed by atoms with Crippen molar-refractivity contribution in [2.75, 3.05) is 23.9 Å². The van der Waals surface area contributed by atoms with E-state index in [1.165, 1.54) is 6.20 Å². The Hall–Kier alpha value is -2.45. The van der Waals surface area contributed by atoms with E-state index in [-0.39, 0.29) is 23.7 Å². The smallest absolute Gasteiger partial charge is 0.329 e. The Morgan fingerprint density at radius 2 is 2.17 bits per heavy atom. The van der Waals surface area contributed by atoms with E-state index in [0.717, 1.165) is 18.5 Å². The second kappa shape index (κ2) is 6.98. The molecule has 0 bridgehead atoms. The molecule has 0 radical (unpaired) electrons. The third-order valence-electron chi connectivity index (χ3n) is 3.72. The molecule has 1 unspecified atom stereocenters. The summed E-state index contributed by atoms with van der Waals surface area (Å²) >= 11 is 5.86. The zero-order chi connectivity index (χ0) is 17.1. The average molecular weight is 350 g/mol. The molecule has 0 aliphatic carbocycles. The lowest BCUT2D eigenvalue weighted by molar-refractivity contribution is -0.384. The second-order valence-corrected chi connectivity index (χ2v) is 5.81. The van der Waals surface area contributed by atoms with Gasteiger partial charge in [0.25, 0.3) is 0 Å². The molecule has 0 spiro atoms. The Morgan fingerprint density at radius 3 is 2.79 bits per heavy atom. The van der Waals surface area contributed by atoms with Crippen LogP contribution in [0.2, 0.25) is 5.02 Å². The first-order chi connectivity index (χ1) is 11.5. The van der Waals surface area contributed by atoms with Crippen molar-refractivity contribution < 1.29 is 9.66 Å². The van der Waals surface area contributed by atoms with Gasteiger partial charge in [0.2, 0.25) is 11.8 Å². The zero-order valence-electron chi connectivity index (χ0n) is 13.0. The van der Waals surface area contributed by atoms with E-state index in [2.05, 4.69) is 15.3 Å². The molecule has 24 heavy (non-hydrogen) atoms. The highest BCUT2D eigenvalue weighted by Gasteiger charge is 2.28. The van der Waals surface area contributed by atoms with Crippen molar-refractivity contribution in [3.05, 3.63) is 45.6 Å². The van der Waals surface area contributed by atoms with E-state index in [1.807, 2.05) is 0 Å². The van der Waals surface area contributed by atoms with Crippen LogP contribution in [0.1, 0.15) is 12.8 Å². The van der Waals surface area contributed by atoms with Crippen LogP contribution in [0.25, 0.3) is 0 Å². The number of anilines is 3. The Morgan fingerprint density at radius 1 is 1.42 bits per heavy atom. The van der Waals surface area contributed by atoms with Gasteiger partial charge in [-0.05, 0) is 37.1 Å². The molecule has 1 atom stereocenters. The predicted molar refractivity (Wildman–Crippen MR) is 90.8 cm³/mol. The first-order valence-electron chi connectivity index (χ1n) is 7.43. The number of nitrogens with zero attached hydrogens (tertiary/aromatic N) is 4. The van der Waals surface area contributed by atoms with Crippen molar-refractivity contribution in [2.24, 2.45) is 0 Å². The van der Waals surface area contributed by atoms with Gasteiger partial charge >= 0.3 is 5.69 Å². The summed E-state index contributed by atoms with van der Waals surface area (Å²) in [5.41, 5.74) is 0.577. The quantitative estimate of drug-likeness (QED) is 0.653. The maximum atomic E-state index is 11.3. The summed E-state index contributed by atoms with van der Waals surface area (Å²) in [7, 11) is 1.73. The van der Waals surface area contributed by atoms with Crippen LogP contribution in [0, 0.1) is 10.1 Å². The minimum Gasteiger partial charge on any atom is -0.358 e. The fraction of sp³-hybridized carbons (Fsp3) is 0.333. The third-order valence-corrected chi connectivity index (χ3v) is 3.97. The van der Waals surface area contributed by atoms with Crippen LogP contribution in [0.5, 0.6) is 0 Å². The minimum absolute atomic E-state index is 0.158. The maximum Gasteiger partial charge on any atom is 0.329 e. The third kappa shape index (κ3) is 3.55. The molecule has 1 N–H and O–H groups in total. The standard InChI is InChI=1S/C15H16ClN5O3/c1-20(13-3-2-8-24-13)14-12(21(22)23)9-17-15(19-14)18-11-6-4-10(16)5-7-11/h4-7,9,13H,2-3,8H2,1H3,(H,17,18,19). The van der Waals surface area contributed by atoms with Crippen molar-refractivity contribution in [1.29, 1.82) is 0 Å². The fourth-order valence-electron chi connectivity index (χ4n) is 2.48. The number of nitrogens with one attached hydrogen (secondary N) is 1. The monoisotopic (exact) mass is 349 g/mol. The molecule has 1 aromatic heterocycles. The van der Waals surface area contributed by atoms with Crippen LogP contribution < -0.4 is 10.2 Å². The van der Waals surface area contributed by atoms with Gasteiger partial charge in [-0.25, -0.2) is 4.98 Å². The van der Waals surface area contributed by atoms with Crippen LogP contribution in [0.4, 0.5) is 23.1 Å². The molecule has 126 valence electrons. The van der Waals surface area contributed by atoms with E-state index >= 15 is 0 Å². The number of nitro groups is 1. The predicted octanol–water partition coefficient (Wildman–Crippen LogP) is 3.35. The summed E-state index contributed by atoms with van der Waals surface area (Å²) in [5.74, 6) is 0.487. The molecule has 1 fully saturated rings. The van der Waals surface area contributed by atoms with Gasteiger partial charge in [-0.2, -0.15) is 4.98 Å². The van der Waals surface area contributed by atoms with Gasteiger partial charge in [0.1, 0.15) is 12.4 Å². The lowest BCUT2D eigenvalue weighted by atomic mass is 10.3. The van der Waals surface area contributed by atoms with E-state index in [4.69, 9.17) is 16.3 Å². The van der Waals surface area contributed by atoms with Gasteiger partial charge in [0.05, 0.1) is 4.92 Å². The molecule has 9 heteroatoms. The zero-order valence-corrected chi connectivity index (χ0v) is 13.7. The van der Waals surface area contributed by atoms with Gasteiger partial charge < -0.3 is 15.0 Å². The molecule has 3 rings (SSSR count). The lowest BCUT2D eigenvalue weighted by Gasteiger charge is -2.24. The Bertz CT molecular complexity index is 734. The first kappa shape index (κ1) is 16.4. The van der Waals surface area contributed by atoms with Gasteiger partial charge in [-0.15, -0.1) is 0 Å². The molecule has 2 heterocycles. The number of benzene rings is 1. The molecule has 1 aliphatic heterocycles. The van der Waals surface area contributed by atoms with Crippen molar-refractivity contribution >= 4 is 34.7 Å². The van der Waals surface area contributed by atoms with E-state index in [9.17, 15) is 10.1 Å². The van der Waals surface area contributed by atoms with Crippen molar-refractivity contribution in [2.45, 2.75) is 19.1 Å². The molecule has 2 aromatic rings. The van der Waals surface area contributed by atoms with Gasteiger partial charge in [-0.3, -0.25) is 10.1 Å². The second-order valence-electron chi connectivity index (χ2n) is 5.37. The number of hydrogen-bond acceptors (Lipinski definition) is 7. The van der Waals surface area contributed by atoms with E-state index in [1.54, 1.807) is 36.2 Å². The topological polar surface area (TPSA) is 93.4 Å². The molecule has 0 saturated carbocycles. The Balaban J connectivity index is 1.89. The van der Waals surface area contributed by atoms with Gasteiger partial charge in [0.15, 0.2) is 0 Å². The van der Waals surface area contributed by atoms with Crippen molar-refractivity contribution in [3.63, 3.8) is 0 Å². The summed E-state index contributed by atoms with van der Waals surface area (Å²) in [6.45, 7) is 0.643. The van der Waals surface area contributed by atoms with Crippen LogP contribution in [-0.2, 0) is 4.74 Å². The molecule has 1 aliphatic rings. The largest absolute Gasteiger partial charge is 0.358 e. The van der Waals surface area contributed by atoms with Gasteiger partial charge in [-0.1, -0.05) is 11.6 Å². The Labute approximate surface area is 143 Å². The fourth-order valence-corrected chi connectivity index (χ4v) is 2.61. The van der Waals surface area contributed by atoms with Crippen molar-refractivity contribution in [3.8, 4) is 0 Å². The highest BCUT2D eigenvalue weighted by atomic mass is 35.5. The molecular weight excluding hydrogens is 334 g/mol. The summed E-state index contributed by atoms with van der Waals surface area (Å²) < 4.78 is 5.58. The minimum atomic E-state index is -0.493. The number of halogens is 1. The molecule has 1 aromatic carbocycles. The summed E-state index contributed by atoms with van der Waals surface area (Å²) in [5, 5.41) is 14.9. The highest BCUT2D eigenvalue weighted by molar-refractivity contribution is 6.30. The molecule has 8 nitrogen and oxygen atoms in total. The first-order valence-corrected chi connectivity index (χ1v) is 7.81. The van der Waals surface area contributed by atoms with E-state index < -0.39 is 4.92 Å². The SMILES string of the molecule is CN(c1nc(Nc2ccc(Cl)cc2)ncc1[N+](=O)[O-])C1CCCO1. The normalized spacial score (nSPS) is 16.8. The molecular formula is C15H16ClN5O3. The molecule has 1 saturated heterocycles. The van der Waals surface area contributed by atoms with Crippen LogP contribution in [0.15, 0.2) is 30.5 Å². The number of aromatic nitrogens is 2. The van der Waals surface area contributed by atoms with Gasteiger partial charge in [0, 0.05) is 24.4 Å². The summed E-state index contributed by atoms with van der Waals surface area (Å²) in [4.78, 5) is 20.8. The van der Waals surface area contributed by atoms with Crippen LogP contribution in [-0.4, -0.2) is 34.8 Å². The summed E-state index contributed by atoms with van der Waals surface area (Å²) in [6.07, 6.45) is 2.70. The number of hydrogen-bond donors (Lipinski definition) is 1.